The van der Waals surface area contributed by atoms with Gasteiger partial charge in [0.2, 0.25) is 0 Å². The molecule has 0 aliphatic carbocycles. The van der Waals surface area contributed by atoms with Crippen molar-refractivity contribution >= 4 is 44.7 Å². The third-order valence-electron chi connectivity index (χ3n) is 3.96. The number of H-pyrrole nitrogens is 1. The zero-order valence-electron chi connectivity index (χ0n) is 14.9. The largest absolute Gasteiger partial charge is 0.321 e. The van der Waals surface area contributed by atoms with E-state index in [1.807, 2.05) is 25.9 Å². The van der Waals surface area contributed by atoms with Gasteiger partial charge >= 0.3 is 0 Å². The fourth-order valence-electron chi connectivity index (χ4n) is 2.73. The lowest BCUT2D eigenvalue weighted by molar-refractivity contribution is 0.103. The fraction of sp³-hybridized carbons (Fsp3) is 0.278. The van der Waals surface area contributed by atoms with Gasteiger partial charge in [-0.2, -0.15) is 0 Å². The molecule has 8 heteroatoms. The van der Waals surface area contributed by atoms with Crippen molar-refractivity contribution in [3.05, 3.63) is 55.4 Å². The number of benzene rings is 1. The lowest BCUT2D eigenvalue weighted by atomic mass is 10.2. The lowest BCUT2D eigenvalue weighted by Gasteiger charge is -2.08. The number of nitrogens with one attached hydrogen (secondary N) is 2. The Balaban J connectivity index is 1.99. The summed E-state index contributed by atoms with van der Waals surface area (Å²) in [5.74, 6) is 0.318. The summed E-state index contributed by atoms with van der Waals surface area (Å²) in [4.78, 5) is 35.4. The maximum atomic E-state index is 12.7. The topological polar surface area (TPSA) is 78.1 Å². The van der Waals surface area contributed by atoms with E-state index in [4.69, 9.17) is 11.6 Å². The van der Waals surface area contributed by atoms with Gasteiger partial charge in [0.25, 0.3) is 11.5 Å². The molecule has 0 saturated carbocycles. The minimum absolute atomic E-state index is 0.220. The number of halogens is 1. The van der Waals surface area contributed by atoms with Crippen molar-refractivity contribution in [2.45, 2.75) is 20.4 Å². The minimum Gasteiger partial charge on any atom is -0.321 e. The molecular formula is C18H19ClN4O2S. The summed E-state index contributed by atoms with van der Waals surface area (Å²) < 4.78 is 0. The zero-order valence-corrected chi connectivity index (χ0v) is 16.5. The molecule has 0 unspecified atom stereocenters. The maximum absolute atomic E-state index is 12.7. The number of thiophene rings is 1. The molecule has 136 valence electrons. The van der Waals surface area contributed by atoms with E-state index in [1.54, 1.807) is 25.1 Å². The van der Waals surface area contributed by atoms with E-state index in [0.29, 0.717) is 43.7 Å². The second-order valence-corrected chi connectivity index (χ2v) is 7.84. The number of nitrogens with zero attached hydrogens (tertiary/aromatic N) is 2. The van der Waals surface area contributed by atoms with Gasteiger partial charge in [-0.15, -0.1) is 11.3 Å². The third-order valence-corrected chi connectivity index (χ3v) is 5.38. The van der Waals surface area contributed by atoms with Crippen LogP contribution in [0.1, 0.15) is 26.6 Å². The molecule has 1 amide bonds. The van der Waals surface area contributed by atoms with Crippen LogP contribution in [0.2, 0.25) is 5.02 Å². The summed E-state index contributed by atoms with van der Waals surface area (Å²) in [6, 6.07) is 5.27. The van der Waals surface area contributed by atoms with Gasteiger partial charge in [0.1, 0.15) is 10.7 Å². The molecular weight excluding hydrogens is 372 g/mol. The van der Waals surface area contributed by atoms with Gasteiger partial charge in [0.05, 0.1) is 16.8 Å². The van der Waals surface area contributed by atoms with Crippen LogP contribution in [-0.4, -0.2) is 34.9 Å². The van der Waals surface area contributed by atoms with Crippen molar-refractivity contribution in [2.75, 3.05) is 19.4 Å². The summed E-state index contributed by atoms with van der Waals surface area (Å²) in [6.45, 7) is 4.16. The van der Waals surface area contributed by atoms with Crippen LogP contribution in [0.25, 0.3) is 10.2 Å². The fourth-order valence-corrected chi connectivity index (χ4v) is 4.05. The summed E-state index contributed by atoms with van der Waals surface area (Å²) in [5, 5.41) is 3.97. The number of hydrogen-bond donors (Lipinski definition) is 2. The highest BCUT2D eigenvalue weighted by molar-refractivity contribution is 7.20. The number of hydrogen-bond acceptors (Lipinski definition) is 5. The first kappa shape index (κ1) is 18.6. The van der Waals surface area contributed by atoms with Crippen molar-refractivity contribution in [3.8, 4) is 0 Å². The Morgan fingerprint density at radius 2 is 2.08 bits per heavy atom. The summed E-state index contributed by atoms with van der Waals surface area (Å²) >= 11 is 7.18. The second-order valence-electron chi connectivity index (χ2n) is 6.40. The highest BCUT2D eigenvalue weighted by Gasteiger charge is 2.20. The van der Waals surface area contributed by atoms with Gasteiger partial charge < -0.3 is 15.2 Å². The van der Waals surface area contributed by atoms with Crippen LogP contribution < -0.4 is 10.9 Å². The predicted octanol–water partition coefficient (Wildman–Crippen LogP) is 3.57. The number of carbonyl (C=O) groups excluding carboxylic acids is 1. The molecule has 3 aromatic rings. The number of aromatic nitrogens is 2. The van der Waals surface area contributed by atoms with Crippen molar-refractivity contribution in [2.24, 2.45) is 0 Å². The number of aromatic amines is 1. The van der Waals surface area contributed by atoms with E-state index >= 15 is 0 Å². The maximum Gasteiger partial charge on any atom is 0.266 e. The van der Waals surface area contributed by atoms with Gasteiger partial charge in [0.15, 0.2) is 0 Å². The van der Waals surface area contributed by atoms with Crippen LogP contribution in [0.4, 0.5) is 5.69 Å². The van der Waals surface area contributed by atoms with Crippen molar-refractivity contribution < 1.29 is 4.79 Å². The van der Waals surface area contributed by atoms with E-state index in [1.165, 1.54) is 11.3 Å². The Morgan fingerprint density at radius 3 is 2.73 bits per heavy atom. The molecule has 0 spiro atoms. The number of rotatable bonds is 4. The molecule has 0 atom stereocenters. The molecule has 0 bridgehead atoms. The first-order chi connectivity index (χ1) is 12.3. The van der Waals surface area contributed by atoms with Gasteiger partial charge in [-0.3, -0.25) is 9.59 Å². The van der Waals surface area contributed by atoms with Crippen LogP contribution in [-0.2, 0) is 6.54 Å². The van der Waals surface area contributed by atoms with Crippen molar-refractivity contribution in [1.82, 2.24) is 14.9 Å². The van der Waals surface area contributed by atoms with Gasteiger partial charge in [-0.05, 0) is 57.3 Å². The van der Waals surface area contributed by atoms with Crippen LogP contribution in [0.3, 0.4) is 0 Å². The van der Waals surface area contributed by atoms with E-state index in [2.05, 4.69) is 15.3 Å². The smallest absolute Gasteiger partial charge is 0.266 e. The highest BCUT2D eigenvalue weighted by Crippen LogP contribution is 2.28. The van der Waals surface area contributed by atoms with Gasteiger partial charge in [-0.1, -0.05) is 11.6 Å². The molecule has 1 aromatic carbocycles. The number of carbonyl (C=O) groups is 1. The Morgan fingerprint density at radius 1 is 1.35 bits per heavy atom. The Bertz CT molecular complexity index is 1060. The average Bonchev–Trinajstić information content (AvgIpc) is 2.86. The van der Waals surface area contributed by atoms with Crippen molar-refractivity contribution in [1.29, 1.82) is 0 Å². The number of anilines is 1. The number of fused-ring (bicyclic) bond motifs is 1. The Kier molecular flexibility index (Phi) is 5.13. The molecule has 0 aliphatic rings. The average molecular weight is 391 g/mol. The molecule has 3 rings (SSSR count). The number of amides is 1. The molecule has 0 fully saturated rings. The molecule has 2 heterocycles. The van der Waals surface area contributed by atoms with Crippen LogP contribution in [0.15, 0.2) is 23.0 Å². The molecule has 0 aliphatic heterocycles. The van der Waals surface area contributed by atoms with E-state index in [9.17, 15) is 9.59 Å². The Labute approximate surface area is 159 Å². The minimum atomic E-state index is -0.260. The predicted molar refractivity (Wildman–Crippen MR) is 107 cm³/mol. The standard InChI is InChI=1S/C18H19ClN4O2S/c1-9-7-11(19)5-6-12(9)20-17(25)15-10(2)14-16(24)21-13(8-23(3)4)22-18(14)26-15/h5-7H,8H2,1-4H3,(H,20,25)(H,21,22,24). The second kappa shape index (κ2) is 7.19. The van der Waals surface area contributed by atoms with Gasteiger partial charge in [0, 0.05) is 10.7 Å². The SMILES string of the molecule is Cc1cc(Cl)ccc1NC(=O)c1sc2nc(CN(C)C)[nH]c(=O)c2c1C. The quantitative estimate of drug-likeness (QED) is 0.713. The highest BCUT2D eigenvalue weighted by atomic mass is 35.5. The number of aryl methyl sites for hydroxylation is 2. The van der Waals surface area contributed by atoms with Crippen LogP contribution in [0.5, 0.6) is 0 Å². The first-order valence-electron chi connectivity index (χ1n) is 8.00. The summed E-state index contributed by atoms with van der Waals surface area (Å²) in [6.07, 6.45) is 0. The first-order valence-corrected chi connectivity index (χ1v) is 9.20. The van der Waals surface area contributed by atoms with Crippen LogP contribution >= 0.6 is 22.9 Å². The zero-order chi connectivity index (χ0) is 19.0. The van der Waals surface area contributed by atoms with E-state index < -0.39 is 0 Å². The van der Waals surface area contributed by atoms with E-state index in [-0.39, 0.29) is 11.5 Å². The van der Waals surface area contributed by atoms with E-state index in [0.717, 1.165) is 5.56 Å². The van der Waals surface area contributed by atoms with Crippen molar-refractivity contribution in [3.63, 3.8) is 0 Å². The summed E-state index contributed by atoms with van der Waals surface area (Å²) in [7, 11) is 3.80. The molecule has 26 heavy (non-hydrogen) atoms. The normalized spacial score (nSPS) is 11.3. The summed E-state index contributed by atoms with van der Waals surface area (Å²) in [5.41, 5.74) is 1.97. The molecule has 0 radical (unpaired) electrons. The van der Waals surface area contributed by atoms with Gasteiger partial charge in [-0.25, -0.2) is 4.98 Å². The Hall–Kier alpha value is -2.22. The molecule has 2 aromatic heterocycles. The molecule has 6 nitrogen and oxygen atoms in total. The monoisotopic (exact) mass is 390 g/mol. The molecule has 2 N–H and O–H groups in total. The van der Waals surface area contributed by atoms with Crippen LogP contribution in [0, 0.1) is 13.8 Å². The third kappa shape index (κ3) is 3.65. The molecule has 0 saturated heterocycles. The lowest BCUT2D eigenvalue weighted by Crippen LogP contribution is -2.18.